The van der Waals surface area contributed by atoms with Gasteiger partial charge >= 0.3 is 0 Å². The summed E-state index contributed by atoms with van der Waals surface area (Å²) in [5.74, 6) is -0.567. The summed E-state index contributed by atoms with van der Waals surface area (Å²) >= 11 is 0. The van der Waals surface area contributed by atoms with Crippen LogP contribution in [0.1, 0.15) is 18.9 Å². The maximum atomic E-state index is 13.0. The molecule has 0 saturated carbocycles. The Balaban J connectivity index is 0.00000289. The smallest absolute Gasteiger partial charge is 0.240 e. The third-order valence-corrected chi connectivity index (χ3v) is 3.93. The van der Waals surface area contributed by atoms with Crippen molar-refractivity contribution < 1.29 is 12.8 Å². The van der Waals surface area contributed by atoms with Gasteiger partial charge in [0.05, 0.1) is 4.90 Å². The van der Waals surface area contributed by atoms with Gasteiger partial charge < -0.3 is 5.73 Å². The fraction of sp³-hybridized carbons (Fsp3) is 0.455. The summed E-state index contributed by atoms with van der Waals surface area (Å²) in [6.07, 6.45) is 0.535. The van der Waals surface area contributed by atoms with Gasteiger partial charge in [-0.1, -0.05) is 6.07 Å². The molecule has 1 atom stereocenters. The molecular weight excluding hydrogens is 279 g/mol. The maximum Gasteiger partial charge on any atom is 0.240 e. The van der Waals surface area contributed by atoms with Crippen LogP contribution in [0, 0.1) is 12.7 Å². The minimum atomic E-state index is -3.65. The SMILES string of the molecule is Cc1ccc(F)cc1S(=O)(=O)NCCC(C)N.Cl. The van der Waals surface area contributed by atoms with Crippen molar-refractivity contribution in [2.75, 3.05) is 6.54 Å². The minimum Gasteiger partial charge on any atom is -0.328 e. The number of rotatable bonds is 5. The van der Waals surface area contributed by atoms with Crippen LogP contribution in [-0.4, -0.2) is 21.0 Å². The molecule has 0 heterocycles. The van der Waals surface area contributed by atoms with Crippen molar-refractivity contribution >= 4 is 22.4 Å². The Kier molecular flexibility index (Phi) is 6.77. The second-order valence-corrected chi connectivity index (χ2v) is 5.81. The molecule has 1 aromatic carbocycles. The van der Waals surface area contributed by atoms with Gasteiger partial charge in [0.15, 0.2) is 0 Å². The molecule has 4 nitrogen and oxygen atoms in total. The van der Waals surface area contributed by atoms with Crippen LogP contribution in [0.2, 0.25) is 0 Å². The molecular formula is C11H18ClFN2O2S. The molecule has 0 aliphatic rings. The predicted octanol–water partition coefficient (Wildman–Crippen LogP) is 1.57. The topological polar surface area (TPSA) is 72.2 Å². The molecule has 0 spiro atoms. The molecule has 0 fully saturated rings. The zero-order valence-corrected chi connectivity index (χ0v) is 11.9. The molecule has 0 amide bonds. The number of aryl methyl sites for hydroxylation is 1. The van der Waals surface area contributed by atoms with E-state index < -0.39 is 15.8 Å². The molecule has 0 bridgehead atoms. The first-order chi connectivity index (χ1) is 7.83. The second-order valence-electron chi connectivity index (χ2n) is 4.07. The quantitative estimate of drug-likeness (QED) is 0.866. The van der Waals surface area contributed by atoms with E-state index in [1.54, 1.807) is 13.8 Å². The van der Waals surface area contributed by atoms with E-state index >= 15 is 0 Å². The van der Waals surface area contributed by atoms with Crippen LogP contribution in [-0.2, 0) is 10.0 Å². The van der Waals surface area contributed by atoms with Gasteiger partial charge in [-0.25, -0.2) is 17.5 Å². The normalized spacial score (nSPS) is 12.9. The Hall–Kier alpha value is -0.690. The van der Waals surface area contributed by atoms with E-state index in [1.165, 1.54) is 12.1 Å². The van der Waals surface area contributed by atoms with Gasteiger partial charge in [0.2, 0.25) is 10.0 Å². The fourth-order valence-electron chi connectivity index (χ4n) is 1.36. The number of nitrogens with one attached hydrogen (secondary N) is 1. The molecule has 7 heteroatoms. The van der Waals surface area contributed by atoms with E-state index in [2.05, 4.69) is 4.72 Å². The van der Waals surface area contributed by atoms with Gasteiger partial charge in [0.25, 0.3) is 0 Å². The predicted molar refractivity (Wildman–Crippen MR) is 71.8 cm³/mol. The Labute approximate surface area is 113 Å². The van der Waals surface area contributed by atoms with E-state index in [0.717, 1.165) is 6.07 Å². The van der Waals surface area contributed by atoms with E-state index in [4.69, 9.17) is 5.73 Å². The van der Waals surface area contributed by atoms with Gasteiger partial charge in [-0.2, -0.15) is 0 Å². The van der Waals surface area contributed by atoms with Crippen molar-refractivity contribution in [2.45, 2.75) is 31.2 Å². The van der Waals surface area contributed by atoms with Crippen molar-refractivity contribution in [2.24, 2.45) is 5.73 Å². The first-order valence-electron chi connectivity index (χ1n) is 5.34. The highest BCUT2D eigenvalue weighted by atomic mass is 35.5. The molecule has 1 aromatic rings. The second kappa shape index (κ2) is 7.04. The van der Waals surface area contributed by atoms with Crippen LogP contribution in [0.4, 0.5) is 4.39 Å². The molecule has 104 valence electrons. The molecule has 0 aliphatic heterocycles. The summed E-state index contributed by atoms with van der Waals surface area (Å²) in [5, 5.41) is 0. The number of nitrogens with two attached hydrogens (primary N) is 1. The zero-order chi connectivity index (χ0) is 13.1. The highest BCUT2D eigenvalue weighted by Crippen LogP contribution is 2.15. The van der Waals surface area contributed by atoms with Crippen molar-refractivity contribution in [1.29, 1.82) is 0 Å². The first kappa shape index (κ1) is 17.3. The largest absolute Gasteiger partial charge is 0.328 e. The zero-order valence-electron chi connectivity index (χ0n) is 10.3. The summed E-state index contributed by atoms with van der Waals surface area (Å²) < 4.78 is 39.2. The van der Waals surface area contributed by atoms with Crippen LogP contribution >= 0.6 is 12.4 Å². The molecule has 1 rings (SSSR count). The highest BCUT2D eigenvalue weighted by Gasteiger charge is 2.17. The molecule has 1 unspecified atom stereocenters. The van der Waals surface area contributed by atoms with E-state index in [9.17, 15) is 12.8 Å². The van der Waals surface area contributed by atoms with Gasteiger partial charge in [-0.15, -0.1) is 12.4 Å². The monoisotopic (exact) mass is 296 g/mol. The minimum absolute atomic E-state index is 0. The number of benzene rings is 1. The van der Waals surface area contributed by atoms with E-state index in [1.807, 2.05) is 0 Å². The van der Waals surface area contributed by atoms with E-state index in [0.29, 0.717) is 12.0 Å². The van der Waals surface area contributed by atoms with Crippen molar-refractivity contribution in [3.63, 3.8) is 0 Å². The molecule has 0 saturated heterocycles. The van der Waals surface area contributed by atoms with Crippen LogP contribution in [0.5, 0.6) is 0 Å². The van der Waals surface area contributed by atoms with Crippen molar-refractivity contribution in [1.82, 2.24) is 4.72 Å². The molecule has 3 N–H and O–H groups in total. The van der Waals surface area contributed by atoms with Crippen molar-refractivity contribution in [3.8, 4) is 0 Å². The Morgan fingerprint density at radius 3 is 2.61 bits per heavy atom. The molecule has 0 aliphatic carbocycles. The number of hydrogen-bond donors (Lipinski definition) is 2. The summed E-state index contributed by atoms with van der Waals surface area (Å²) in [6.45, 7) is 3.66. The third-order valence-electron chi connectivity index (χ3n) is 2.33. The molecule has 18 heavy (non-hydrogen) atoms. The van der Waals surface area contributed by atoms with Crippen molar-refractivity contribution in [3.05, 3.63) is 29.6 Å². The lowest BCUT2D eigenvalue weighted by Crippen LogP contribution is -2.29. The number of sulfonamides is 1. The third kappa shape index (κ3) is 4.89. The van der Waals surface area contributed by atoms with Crippen LogP contribution in [0.15, 0.2) is 23.1 Å². The molecule has 0 aromatic heterocycles. The summed E-state index contributed by atoms with van der Waals surface area (Å²) in [4.78, 5) is -0.0258. The lowest BCUT2D eigenvalue weighted by atomic mass is 10.2. The Bertz CT molecular complexity index is 492. The summed E-state index contributed by atoms with van der Waals surface area (Å²) in [7, 11) is -3.65. The van der Waals surface area contributed by atoms with Crippen LogP contribution in [0.25, 0.3) is 0 Å². The average Bonchev–Trinajstić information content (AvgIpc) is 2.20. The fourth-order valence-corrected chi connectivity index (χ4v) is 2.66. The molecule has 0 radical (unpaired) electrons. The van der Waals surface area contributed by atoms with Gasteiger partial charge in [0, 0.05) is 12.6 Å². The number of hydrogen-bond acceptors (Lipinski definition) is 3. The average molecular weight is 297 g/mol. The lowest BCUT2D eigenvalue weighted by molar-refractivity contribution is 0.568. The Morgan fingerprint density at radius 2 is 2.06 bits per heavy atom. The van der Waals surface area contributed by atoms with Crippen LogP contribution in [0.3, 0.4) is 0 Å². The van der Waals surface area contributed by atoms with Gasteiger partial charge in [-0.3, -0.25) is 0 Å². The van der Waals surface area contributed by atoms with Gasteiger partial charge in [0.1, 0.15) is 5.82 Å². The number of halogens is 2. The maximum absolute atomic E-state index is 13.0. The van der Waals surface area contributed by atoms with Crippen LogP contribution < -0.4 is 10.5 Å². The highest BCUT2D eigenvalue weighted by molar-refractivity contribution is 7.89. The van der Waals surface area contributed by atoms with Gasteiger partial charge in [-0.05, 0) is 38.0 Å². The summed E-state index contributed by atoms with van der Waals surface area (Å²) in [5.41, 5.74) is 6.03. The Morgan fingerprint density at radius 1 is 1.44 bits per heavy atom. The van der Waals surface area contributed by atoms with E-state index in [-0.39, 0.29) is 29.9 Å². The summed E-state index contributed by atoms with van der Waals surface area (Å²) in [6, 6.07) is 3.61. The standard InChI is InChI=1S/C11H17FN2O2S.ClH/c1-8-3-4-10(12)7-11(8)17(15,16)14-6-5-9(2)13;/h3-4,7,9,14H,5-6,13H2,1-2H3;1H. The first-order valence-corrected chi connectivity index (χ1v) is 6.82. The lowest BCUT2D eigenvalue weighted by Gasteiger charge is -2.10.